The Balaban J connectivity index is 1.36. The van der Waals surface area contributed by atoms with Crippen LogP contribution >= 0.6 is 0 Å². The summed E-state index contributed by atoms with van der Waals surface area (Å²) in [5.74, 6) is 0.921. The normalized spacial score (nSPS) is 11.2. The summed E-state index contributed by atoms with van der Waals surface area (Å²) in [6, 6.07) is 9.64. The third kappa shape index (κ3) is 7.46. The van der Waals surface area contributed by atoms with Gasteiger partial charge in [0.05, 0.1) is 32.0 Å². The van der Waals surface area contributed by atoms with Gasteiger partial charge in [0, 0.05) is 36.4 Å². The summed E-state index contributed by atoms with van der Waals surface area (Å²) in [6.45, 7) is 10.5. The molecule has 0 aliphatic carbocycles. The molecule has 0 atom stereocenters. The fourth-order valence-electron chi connectivity index (χ4n) is 4.21. The third-order valence-corrected chi connectivity index (χ3v) is 6.09. The number of anilines is 1. The molecule has 4 rings (SSSR count). The van der Waals surface area contributed by atoms with Crippen LogP contribution in [0.4, 0.5) is 10.6 Å². The molecule has 11 heteroatoms. The van der Waals surface area contributed by atoms with E-state index in [4.69, 9.17) is 9.47 Å². The zero-order valence-corrected chi connectivity index (χ0v) is 23.7. The van der Waals surface area contributed by atoms with Gasteiger partial charge in [0.25, 0.3) is 5.91 Å². The van der Waals surface area contributed by atoms with E-state index in [0.717, 1.165) is 28.0 Å². The van der Waals surface area contributed by atoms with E-state index >= 15 is 0 Å². The molecule has 0 bridgehead atoms. The standard InChI is InChI=1S/C29H35N7O4/c1-19-12-26(34-28(38)40-29(3,4)5)33-20(2)24(19)15-30-27(37)23-14-32-36(18-23)16-21-8-9-22(25(13-21)39-6)17-35-11-7-10-31-35/h7-14,18H,15-17H2,1-6H3,(H,30,37)(H,33,34,38). The van der Waals surface area contributed by atoms with E-state index in [1.165, 1.54) is 0 Å². The first-order chi connectivity index (χ1) is 19.0. The highest BCUT2D eigenvalue weighted by molar-refractivity contribution is 5.93. The highest BCUT2D eigenvalue weighted by Crippen LogP contribution is 2.22. The summed E-state index contributed by atoms with van der Waals surface area (Å²) in [7, 11) is 1.64. The Morgan fingerprint density at radius 2 is 1.85 bits per heavy atom. The second-order valence-electron chi connectivity index (χ2n) is 10.5. The second-order valence-corrected chi connectivity index (χ2v) is 10.5. The SMILES string of the molecule is COc1cc(Cn2cc(C(=O)NCc3c(C)cc(NC(=O)OC(C)(C)C)nc3C)cn2)ccc1Cn1cccn1. The fraction of sp³-hybridized carbons (Fsp3) is 0.345. The average Bonchev–Trinajstić information content (AvgIpc) is 3.55. The minimum Gasteiger partial charge on any atom is -0.496 e. The number of carbonyl (C=O) groups is 2. The van der Waals surface area contributed by atoms with Gasteiger partial charge >= 0.3 is 6.09 Å². The predicted molar refractivity (Wildman–Crippen MR) is 150 cm³/mol. The Labute approximate surface area is 233 Å². The first kappa shape index (κ1) is 28.3. The van der Waals surface area contributed by atoms with Crippen molar-refractivity contribution < 1.29 is 19.1 Å². The van der Waals surface area contributed by atoms with Crippen molar-refractivity contribution in [2.45, 2.75) is 59.9 Å². The van der Waals surface area contributed by atoms with Crippen LogP contribution in [-0.2, 0) is 24.4 Å². The van der Waals surface area contributed by atoms with E-state index in [2.05, 4.69) is 25.8 Å². The van der Waals surface area contributed by atoms with Gasteiger partial charge in [-0.3, -0.25) is 19.5 Å². The van der Waals surface area contributed by atoms with Crippen molar-refractivity contribution in [2.24, 2.45) is 0 Å². The molecule has 1 aromatic carbocycles. The number of aromatic nitrogens is 5. The predicted octanol–water partition coefficient (Wildman–Crippen LogP) is 4.47. The minimum absolute atomic E-state index is 0.242. The van der Waals surface area contributed by atoms with Crippen molar-refractivity contribution in [1.82, 2.24) is 29.9 Å². The quantitative estimate of drug-likeness (QED) is 0.318. The van der Waals surface area contributed by atoms with Crippen LogP contribution in [-0.4, -0.2) is 49.3 Å². The minimum atomic E-state index is -0.606. The second kappa shape index (κ2) is 12.0. The molecule has 3 heterocycles. The smallest absolute Gasteiger partial charge is 0.413 e. The highest BCUT2D eigenvalue weighted by atomic mass is 16.6. The molecule has 0 saturated heterocycles. The maximum Gasteiger partial charge on any atom is 0.413 e. The molecule has 11 nitrogen and oxygen atoms in total. The first-order valence-electron chi connectivity index (χ1n) is 12.9. The van der Waals surface area contributed by atoms with E-state index in [-0.39, 0.29) is 12.5 Å². The molecule has 0 spiro atoms. The number of methoxy groups -OCH3 is 1. The summed E-state index contributed by atoms with van der Waals surface area (Å²) < 4.78 is 14.4. The maximum absolute atomic E-state index is 12.9. The van der Waals surface area contributed by atoms with Crippen LogP contribution in [0.5, 0.6) is 5.75 Å². The number of benzene rings is 1. The summed E-state index contributed by atoms with van der Waals surface area (Å²) in [5, 5.41) is 14.2. The Hall–Kier alpha value is -4.67. The largest absolute Gasteiger partial charge is 0.496 e. The summed E-state index contributed by atoms with van der Waals surface area (Å²) in [6.07, 6.45) is 6.34. The topological polar surface area (TPSA) is 125 Å². The molecule has 0 aliphatic rings. The third-order valence-electron chi connectivity index (χ3n) is 6.09. The van der Waals surface area contributed by atoms with E-state index in [9.17, 15) is 9.59 Å². The zero-order valence-electron chi connectivity index (χ0n) is 23.7. The van der Waals surface area contributed by atoms with Crippen LogP contribution in [0, 0.1) is 13.8 Å². The first-order valence-corrected chi connectivity index (χ1v) is 12.9. The van der Waals surface area contributed by atoms with Crippen molar-refractivity contribution in [1.29, 1.82) is 0 Å². The molecule has 4 aromatic rings. The number of ether oxygens (including phenoxy) is 2. The molecule has 2 amide bonds. The Morgan fingerprint density at radius 3 is 2.52 bits per heavy atom. The number of hydrogen-bond donors (Lipinski definition) is 2. The number of hydrogen-bond acceptors (Lipinski definition) is 7. The van der Waals surface area contributed by atoms with Crippen molar-refractivity contribution in [3.05, 3.63) is 88.6 Å². The Morgan fingerprint density at radius 1 is 1.05 bits per heavy atom. The van der Waals surface area contributed by atoms with Gasteiger partial charge in [-0.05, 0) is 69.5 Å². The van der Waals surface area contributed by atoms with E-state index in [1.807, 2.05) is 49.0 Å². The number of pyridine rings is 1. The molecule has 0 radical (unpaired) electrons. The van der Waals surface area contributed by atoms with E-state index in [0.29, 0.717) is 30.2 Å². The van der Waals surface area contributed by atoms with Crippen LogP contribution in [0.25, 0.3) is 0 Å². The van der Waals surface area contributed by atoms with Crippen molar-refractivity contribution in [3.8, 4) is 5.75 Å². The molecular weight excluding hydrogens is 510 g/mol. The summed E-state index contributed by atoms with van der Waals surface area (Å²) in [5.41, 5.74) is 4.32. The van der Waals surface area contributed by atoms with Crippen LogP contribution < -0.4 is 15.4 Å². The lowest BCUT2D eigenvalue weighted by atomic mass is 10.1. The molecule has 0 saturated carbocycles. The van der Waals surface area contributed by atoms with Crippen molar-refractivity contribution in [3.63, 3.8) is 0 Å². The molecule has 3 aromatic heterocycles. The van der Waals surface area contributed by atoms with E-state index < -0.39 is 11.7 Å². The molecule has 40 heavy (non-hydrogen) atoms. The lowest BCUT2D eigenvalue weighted by molar-refractivity contribution is 0.0635. The summed E-state index contributed by atoms with van der Waals surface area (Å²) in [4.78, 5) is 29.4. The summed E-state index contributed by atoms with van der Waals surface area (Å²) >= 11 is 0. The molecule has 2 N–H and O–H groups in total. The Kier molecular flexibility index (Phi) is 8.52. The molecule has 0 unspecified atom stereocenters. The number of nitrogens with zero attached hydrogens (tertiary/aromatic N) is 5. The number of carbonyl (C=O) groups excluding carboxylic acids is 2. The monoisotopic (exact) mass is 545 g/mol. The highest BCUT2D eigenvalue weighted by Gasteiger charge is 2.18. The van der Waals surface area contributed by atoms with Gasteiger partial charge in [0.2, 0.25) is 0 Å². The van der Waals surface area contributed by atoms with Crippen LogP contribution in [0.3, 0.4) is 0 Å². The van der Waals surface area contributed by atoms with Gasteiger partial charge < -0.3 is 14.8 Å². The van der Waals surface area contributed by atoms with Gasteiger partial charge in [0.1, 0.15) is 17.2 Å². The molecule has 210 valence electrons. The lowest BCUT2D eigenvalue weighted by Gasteiger charge is -2.20. The van der Waals surface area contributed by atoms with Crippen molar-refractivity contribution >= 4 is 17.8 Å². The van der Waals surface area contributed by atoms with Crippen LogP contribution in [0.1, 0.15) is 59.1 Å². The van der Waals surface area contributed by atoms with Gasteiger partial charge in [-0.15, -0.1) is 0 Å². The number of rotatable bonds is 9. The lowest BCUT2D eigenvalue weighted by Crippen LogP contribution is -2.28. The number of aryl methyl sites for hydroxylation is 2. The molecule has 0 aliphatic heterocycles. The maximum atomic E-state index is 12.9. The molecule has 0 fully saturated rings. The van der Waals surface area contributed by atoms with Gasteiger partial charge in [-0.1, -0.05) is 12.1 Å². The average molecular weight is 546 g/mol. The van der Waals surface area contributed by atoms with Gasteiger partial charge in [-0.2, -0.15) is 10.2 Å². The van der Waals surface area contributed by atoms with Gasteiger partial charge in [-0.25, -0.2) is 9.78 Å². The zero-order chi connectivity index (χ0) is 28.9. The fourth-order valence-corrected chi connectivity index (χ4v) is 4.21. The van der Waals surface area contributed by atoms with Crippen LogP contribution in [0.2, 0.25) is 0 Å². The molecular formula is C29H35N7O4. The van der Waals surface area contributed by atoms with Gasteiger partial charge in [0.15, 0.2) is 0 Å². The Bertz CT molecular complexity index is 1460. The number of nitrogens with one attached hydrogen (secondary N) is 2. The van der Waals surface area contributed by atoms with E-state index in [1.54, 1.807) is 57.2 Å². The van der Waals surface area contributed by atoms with Crippen LogP contribution in [0.15, 0.2) is 55.1 Å². The van der Waals surface area contributed by atoms with Crippen molar-refractivity contribution in [2.75, 3.05) is 12.4 Å². The number of amides is 2.